The molecule has 160 valence electrons. The zero-order valence-electron chi connectivity index (χ0n) is 18.1. The van der Waals surface area contributed by atoms with Crippen LogP contribution >= 0.6 is 11.3 Å². The largest absolute Gasteiger partial charge is 0.461 e. The maximum Gasteiger partial charge on any atom is 0.173 e. The summed E-state index contributed by atoms with van der Waals surface area (Å²) in [6.45, 7) is 6.96. The number of rotatable bonds is 9. The molecule has 0 fully saturated rings. The first-order valence-corrected chi connectivity index (χ1v) is 11.6. The molecule has 0 saturated heterocycles. The third kappa shape index (κ3) is 4.82. The quantitative estimate of drug-likeness (QED) is 0.336. The molecule has 2 aromatic carbocycles. The molecule has 0 aliphatic carbocycles. The highest BCUT2D eigenvalue weighted by Gasteiger charge is 2.37. The summed E-state index contributed by atoms with van der Waals surface area (Å²) >= 11 is 1.84. The first-order valence-electron chi connectivity index (χ1n) is 10.8. The van der Waals surface area contributed by atoms with Crippen molar-refractivity contribution in [1.29, 1.82) is 0 Å². The maximum absolute atomic E-state index is 11.9. The lowest BCUT2D eigenvalue weighted by atomic mass is 9.84. The highest BCUT2D eigenvalue weighted by atomic mass is 32.1. The third-order valence-electron chi connectivity index (χ3n) is 5.50. The van der Waals surface area contributed by atoms with Crippen molar-refractivity contribution in [2.45, 2.75) is 39.0 Å². The minimum atomic E-state index is -1.33. The first-order chi connectivity index (χ1) is 15.1. The summed E-state index contributed by atoms with van der Waals surface area (Å²) < 4.78 is 6.29. The second-order valence-corrected chi connectivity index (χ2v) is 9.30. The van der Waals surface area contributed by atoms with Crippen LogP contribution in [0.25, 0.3) is 0 Å². The van der Waals surface area contributed by atoms with Gasteiger partial charge in [0.25, 0.3) is 0 Å². The number of hydrogen-bond acceptors (Lipinski definition) is 4. The lowest BCUT2D eigenvalue weighted by Crippen LogP contribution is -2.28. The van der Waals surface area contributed by atoms with E-state index < -0.39 is 5.60 Å². The molecule has 0 saturated carbocycles. The van der Waals surface area contributed by atoms with E-state index in [9.17, 15) is 5.11 Å². The average molecular weight is 432 g/mol. The zero-order chi connectivity index (χ0) is 21.7. The van der Waals surface area contributed by atoms with Crippen LogP contribution in [0.1, 0.15) is 45.7 Å². The Morgan fingerprint density at radius 3 is 2.03 bits per heavy atom. The van der Waals surface area contributed by atoms with Crippen molar-refractivity contribution in [1.82, 2.24) is 4.90 Å². The van der Waals surface area contributed by atoms with Gasteiger partial charge in [-0.3, -0.25) is 4.90 Å². The van der Waals surface area contributed by atoms with Crippen molar-refractivity contribution < 1.29 is 9.52 Å². The first kappa shape index (κ1) is 21.6. The number of furan rings is 1. The van der Waals surface area contributed by atoms with E-state index in [2.05, 4.69) is 30.9 Å². The van der Waals surface area contributed by atoms with Crippen LogP contribution in [0, 0.1) is 6.92 Å². The van der Waals surface area contributed by atoms with Gasteiger partial charge in [0.05, 0.1) is 6.54 Å². The fourth-order valence-corrected chi connectivity index (χ4v) is 4.94. The second-order valence-electron chi connectivity index (χ2n) is 7.93. The molecule has 4 aromatic rings. The van der Waals surface area contributed by atoms with Crippen molar-refractivity contribution >= 4 is 11.3 Å². The van der Waals surface area contributed by atoms with Crippen molar-refractivity contribution in [3.05, 3.63) is 117 Å². The standard InChI is InChI=1S/C27H29NO2S/c1-3-18-28(20-25-16-14-21(2)31-25)19-24-15-17-26(30-24)27(29,22-10-6-4-7-11-22)23-12-8-5-9-13-23/h4-17,29H,3,18-20H2,1-2H3. The van der Waals surface area contributed by atoms with E-state index in [0.29, 0.717) is 12.3 Å². The maximum atomic E-state index is 11.9. The van der Waals surface area contributed by atoms with Crippen LogP contribution in [0.2, 0.25) is 0 Å². The molecule has 2 aromatic heterocycles. The van der Waals surface area contributed by atoms with E-state index in [1.807, 2.05) is 84.1 Å². The fourth-order valence-electron chi connectivity index (χ4n) is 4.01. The highest BCUT2D eigenvalue weighted by molar-refractivity contribution is 7.11. The van der Waals surface area contributed by atoms with Crippen molar-refractivity contribution in [3.8, 4) is 0 Å². The summed E-state index contributed by atoms with van der Waals surface area (Å²) in [6.07, 6.45) is 1.08. The van der Waals surface area contributed by atoms with E-state index >= 15 is 0 Å². The second kappa shape index (κ2) is 9.65. The molecule has 0 spiro atoms. The van der Waals surface area contributed by atoms with E-state index in [-0.39, 0.29) is 0 Å². The van der Waals surface area contributed by atoms with Gasteiger partial charge in [-0.15, -0.1) is 11.3 Å². The minimum absolute atomic E-state index is 0.545. The monoisotopic (exact) mass is 431 g/mol. The summed E-state index contributed by atoms with van der Waals surface area (Å²) in [7, 11) is 0. The molecule has 0 bridgehead atoms. The molecule has 0 amide bonds. The number of aryl methyl sites for hydroxylation is 1. The molecule has 4 heteroatoms. The Kier molecular flexibility index (Phi) is 6.71. The Morgan fingerprint density at radius 2 is 1.48 bits per heavy atom. The minimum Gasteiger partial charge on any atom is -0.461 e. The van der Waals surface area contributed by atoms with Gasteiger partial charge in [0.15, 0.2) is 5.60 Å². The molecule has 0 radical (unpaired) electrons. The van der Waals surface area contributed by atoms with Gasteiger partial charge >= 0.3 is 0 Å². The molecule has 0 aliphatic rings. The van der Waals surface area contributed by atoms with Gasteiger partial charge < -0.3 is 9.52 Å². The Balaban J connectivity index is 1.63. The van der Waals surface area contributed by atoms with Crippen LogP contribution in [0.4, 0.5) is 0 Å². The van der Waals surface area contributed by atoms with Crippen LogP contribution in [-0.4, -0.2) is 16.6 Å². The Morgan fingerprint density at radius 1 is 0.839 bits per heavy atom. The van der Waals surface area contributed by atoms with Crippen molar-refractivity contribution in [3.63, 3.8) is 0 Å². The van der Waals surface area contributed by atoms with Gasteiger partial charge in [-0.1, -0.05) is 67.6 Å². The molecule has 4 rings (SSSR count). The van der Waals surface area contributed by atoms with Crippen LogP contribution in [0.5, 0.6) is 0 Å². The van der Waals surface area contributed by atoms with Crippen LogP contribution in [0.15, 0.2) is 89.3 Å². The predicted octanol–water partition coefficient (Wildman–Crippen LogP) is 6.35. The molecule has 2 heterocycles. The molecule has 0 atom stereocenters. The number of benzene rings is 2. The summed E-state index contributed by atoms with van der Waals surface area (Å²) in [5.74, 6) is 1.41. The number of aliphatic hydroxyl groups is 1. The van der Waals surface area contributed by atoms with Crippen LogP contribution in [0.3, 0.4) is 0 Å². The molecule has 3 nitrogen and oxygen atoms in total. The summed E-state index contributed by atoms with van der Waals surface area (Å²) in [5.41, 5.74) is 0.254. The topological polar surface area (TPSA) is 36.6 Å². The molecule has 0 aliphatic heterocycles. The normalized spacial score (nSPS) is 11.9. The van der Waals surface area contributed by atoms with Gasteiger partial charge in [0, 0.05) is 16.3 Å². The van der Waals surface area contributed by atoms with Gasteiger partial charge in [-0.25, -0.2) is 0 Å². The Hall–Kier alpha value is -2.66. The van der Waals surface area contributed by atoms with Crippen molar-refractivity contribution in [2.24, 2.45) is 0 Å². The van der Waals surface area contributed by atoms with E-state index in [0.717, 1.165) is 36.4 Å². The summed E-state index contributed by atoms with van der Waals surface area (Å²) in [4.78, 5) is 5.10. The number of thiophene rings is 1. The Labute approximate surface area is 188 Å². The lowest BCUT2D eigenvalue weighted by molar-refractivity contribution is 0.0952. The van der Waals surface area contributed by atoms with E-state index in [1.54, 1.807) is 0 Å². The fraction of sp³-hybridized carbons (Fsp3) is 0.259. The number of nitrogens with zero attached hydrogens (tertiary/aromatic N) is 1. The molecular formula is C27H29NO2S. The molecule has 0 unspecified atom stereocenters. The SMILES string of the molecule is CCCN(Cc1ccc(C(O)(c2ccccc2)c2ccccc2)o1)Cc1ccc(C)s1. The predicted molar refractivity (Wildman–Crippen MR) is 127 cm³/mol. The lowest BCUT2D eigenvalue weighted by Gasteiger charge is -2.27. The summed E-state index contributed by atoms with van der Waals surface area (Å²) in [6, 6.07) is 27.7. The zero-order valence-corrected chi connectivity index (χ0v) is 18.9. The Bertz CT molecular complexity index is 1050. The molecule has 1 N–H and O–H groups in total. The van der Waals surface area contributed by atoms with Gasteiger partial charge in [0.2, 0.25) is 0 Å². The van der Waals surface area contributed by atoms with Crippen molar-refractivity contribution in [2.75, 3.05) is 6.54 Å². The van der Waals surface area contributed by atoms with E-state index in [1.165, 1.54) is 9.75 Å². The van der Waals surface area contributed by atoms with Gasteiger partial charge in [-0.2, -0.15) is 0 Å². The van der Waals surface area contributed by atoms with E-state index in [4.69, 9.17) is 4.42 Å². The average Bonchev–Trinajstić information content (AvgIpc) is 3.43. The highest BCUT2D eigenvalue weighted by Crippen LogP contribution is 2.37. The third-order valence-corrected chi connectivity index (χ3v) is 6.48. The molecule has 31 heavy (non-hydrogen) atoms. The number of hydrogen-bond donors (Lipinski definition) is 1. The van der Waals surface area contributed by atoms with Gasteiger partial charge in [-0.05, 0) is 55.3 Å². The smallest absolute Gasteiger partial charge is 0.173 e. The summed E-state index contributed by atoms with van der Waals surface area (Å²) in [5, 5.41) is 11.9. The van der Waals surface area contributed by atoms with Crippen LogP contribution < -0.4 is 0 Å². The van der Waals surface area contributed by atoms with Gasteiger partial charge in [0.1, 0.15) is 11.5 Å². The van der Waals surface area contributed by atoms with Crippen LogP contribution in [-0.2, 0) is 18.7 Å². The molecular weight excluding hydrogens is 402 g/mol.